The van der Waals surface area contributed by atoms with Crippen molar-refractivity contribution in [3.63, 3.8) is 0 Å². The fraction of sp³-hybridized carbons (Fsp3) is 0.0800. The van der Waals surface area contributed by atoms with Gasteiger partial charge in [0.25, 0.3) is 5.91 Å². The predicted octanol–water partition coefficient (Wildman–Crippen LogP) is 4.82. The van der Waals surface area contributed by atoms with Crippen molar-refractivity contribution in [1.29, 1.82) is 0 Å². The van der Waals surface area contributed by atoms with Crippen LogP contribution in [0, 0.1) is 0 Å². The van der Waals surface area contributed by atoms with E-state index in [-0.39, 0.29) is 11.0 Å². The largest absolute Gasteiger partial charge is 0.348 e. The van der Waals surface area contributed by atoms with E-state index in [0.29, 0.717) is 22.8 Å². The number of hydrogen-bond donors (Lipinski definition) is 2. The van der Waals surface area contributed by atoms with Gasteiger partial charge in [-0.05, 0) is 47.6 Å². The van der Waals surface area contributed by atoms with Crippen LogP contribution >= 0.6 is 23.8 Å². The van der Waals surface area contributed by atoms with Gasteiger partial charge in [0.1, 0.15) is 0 Å². The molecule has 3 rings (SSSR count). The molecule has 5 nitrogen and oxygen atoms in total. The number of rotatable bonds is 6. The molecule has 0 atom stereocenters. The summed E-state index contributed by atoms with van der Waals surface area (Å²) in [5.41, 5.74) is 2.76. The number of carbonyl (C=O) groups excluding carboxylic acids is 2. The smallest absolute Gasteiger partial charge is 0.253 e. The molecule has 162 valence electrons. The molecule has 3 aromatic carbocycles. The molecule has 2 N–H and O–H groups in total. The van der Waals surface area contributed by atoms with Crippen molar-refractivity contribution >= 4 is 52.5 Å². The van der Waals surface area contributed by atoms with E-state index in [1.807, 2.05) is 48.5 Å². The van der Waals surface area contributed by atoms with E-state index in [0.717, 1.165) is 11.1 Å². The molecule has 0 heterocycles. The van der Waals surface area contributed by atoms with Crippen molar-refractivity contribution < 1.29 is 9.59 Å². The molecular formula is C25H22ClN3O2S. The van der Waals surface area contributed by atoms with Crippen LogP contribution < -0.4 is 15.5 Å². The normalized spacial score (nSPS) is 10.6. The van der Waals surface area contributed by atoms with Gasteiger partial charge in [-0.3, -0.25) is 14.9 Å². The van der Waals surface area contributed by atoms with Gasteiger partial charge in [0.15, 0.2) is 5.11 Å². The van der Waals surface area contributed by atoms with Gasteiger partial charge in [-0.15, -0.1) is 0 Å². The minimum absolute atomic E-state index is 0.169. The SMILES string of the molecule is CN(C(=S)NC(=O)C=Cc1ccccc1Cl)c1ccccc1C(=O)NCc1ccccc1. The molecule has 0 radical (unpaired) electrons. The molecule has 0 saturated carbocycles. The Balaban J connectivity index is 1.65. The number of amides is 2. The fourth-order valence-corrected chi connectivity index (χ4v) is 3.35. The average Bonchev–Trinajstić information content (AvgIpc) is 2.82. The quantitative estimate of drug-likeness (QED) is 0.406. The number of hydrogen-bond acceptors (Lipinski definition) is 3. The first-order valence-electron chi connectivity index (χ1n) is 9.88. The van der Waals surface area contributed by atoms with Gasteiger partial charge >= 0.3 is 0 Å². The zero-order chi connectivity index (χ0) is 22.9. The zero-order valence-electron chi connectivity index (χ0n) is 17.4. The van der Waals surface area contributed by atoms with Gasteiger partial charge in [0, 0.05) is 24.7 Å². The first-order chi connectivity index (χ1) is 15.5. The Hall–Kier alpha value is -3.48. The number of anilines is 1. The van der Waals surface area contributed by atoms with Crippen molar-refractivity contribution in [3.8, 4) is 0 Å². The van der Waals surface area contributed by atoms with E-state index in [4.69, 9.17) is 23.8 Å². The van der Waals surface area contributed by atoms with Crippen molar-refractivity contribution in [3.05, 3.63) is 107 Å². The number of nitrogens with zero attached hydrogens (tertiary/aromatic N) is 1. The maximum Gasteiger partial charge on any atom is 0.253 e. The van der Waals surface area contributed by atoms with E-state index < -0.39 is 5.91 Å². The van der Waals surface area contributed by atoms with Gasteiger partial charge in [0.2, 0.25) is 5.91 Å². The second kappa shape index (κ2) is 11.2. The van der Waals surface area contributed by atoms with E-state index >= 15 is 0 Å². The standard InChI is InChI=1S/C25H22ClN3O2S/c1-29(25(32)28-23(30)16-15-19-11-5-7-13-21(19)26)22-14-8-6-12-20(22)24(31)27-17-18-9-3-2-4-10-18/h2-16H,17H2,1H3,(H,27,31)(H,28,30,32). The first kappa shape index (κ1) is 23.2. The third kappa shape index (κ3) is 6.26. The summed E-state index contributed by atoms with van der Waals surface area (Å²) in [4.78, 5) is 26.7. The Bertz CT molecular complexity index is 1150. The first-order valence-corrected chi connectivity index (χ1v) is 10.7. The summed E-state index contributed by atoms with van der Waals surface area (Å²) in [6.45, 7) is 0.408. The molecule has 0 aliphatic carbocycles. The molecule has 0 aliphatic heterocycles. The van der Waals surface area contributed by atoms with Crippen LogP contribution in [-0.4, -0.2) is 24.0 Å². The molecule has 0 fully saturated rings. The van der Waals surface area contributed by atoms with Crippen LogP contribution in [0.5, 0.6) is 0 Å². The molecule has 7 heteroatoms. The van der Waals surface area contributed by atoms with Crippen molar-refractivity contribution in [2.45, 2.75) is 6.54 Å². The number of para-hydroxylation sites is 1. The summed E-state index contributed by atoms with van der Waals surface area (Å²) < 4.78 is 0. The number of halogens is 1. The molecule has 32 heavy (non-hydrogen) atoms. The minimum Gasteiger partial charge on any atom is -0.348 e. The van der Waals surface area contributed by atoms with E-state index in [2.05, 4.69) is 10.6 Å². The van der Waals surface area contributed by atoms with Gasteiger partial charge in [-0.25, -0.2) is 0 Å². The van der Waals surface area contributed by atoms with Crippen LogP contribution in [0.3, 0.4) is 0 Å². The maximum atomic E-state index is 12.8. The molecule has 0 unspecified atom stereocenters. The van der Waals surface area contributed by atoms with Crippen LogP contribution in [0.4, 0.5) is 5.69 Å². The highest BCUT2D eigenvalue weighted by Gasteiger charge is 2.17. The Morgan fingerprint density at radius 3 is 2.38 bits per heavy atom. The Kier molecular flexibility index (Phi) is 8.14. The third-order valence-electron chi connectivity index (χ3n) is 4.66. The van der Waals surface area contributed by atoms with Gasteiger partial charge < -0.3 is 10.2 Å². The monoisotopic (exact) mass is 463 g/mol. The molecule has 0 saturated heterocycles. The molecule has 0 aliphatic rings. The molecule has 3 aromatic rings. The van der Waals surface area contributed by atoms with Crippen LogP contribution in [0.1, 0.15) is 21.5 Å². The van der Waals surface area contributed by atoms with Gasteiger partial charge in [-0.1, -0.05) is 72.3 Å². The lowest BCUT2D eigenvalue weighted by Crippen LogP contribution is -2.40. The van der Waals surface area contributed by atoms with E-state index in [1.165, 1.54) is 6.08 Å². The van der Waals surface area contributed by atoms with E-state index in [9.17, 15) is 9.59 Å². The highest BCUT2D eigenvalue weighted by Crippen LogP contribution is 2.20. The maximum absolute atomic E-state index is 12.8. The lowest BCUT2D eigenvalue weighted by Gasteiger charge is -2.22. The van der Waals surface area contributed by atoms with Gasteiger partial charge in [0.05, 0.1) is 11.3 Å². The van der Waals surface area contributed by atoms with Crippen LogP contribution in [0.15, 0.2) is 84.9 Å². The van der Waals surface area contributed by atoms with Gasteiger partial charge in [-0.2, -0.15) is 0 Å². The fourth-order valence-electron chi connectivity index (χ4n) is 2.95. The summed E-state index contributed by atoms with van der Waals surface area (Å²) in [5.74, 6) is -0.628. The Labute approximate surface area is 197 Å². The zero-order valence-corrected chi connectivity index (χ0v) is 19.0. The summed E-state index contributed by atoms with van der Waals surface area (Å²) in [7, 11) is 1.70. The predicted molar refractivity (Wildman–Crippen MR) is 134 cm³/mol. The second-order valence-corrected chi connectivity index (χ2v) is 7.69. The third-order valence-corrected chi connectivity index (χ3v) is 5.38. The topological polar surface area (TPSA) is 61.4 Å². The number of benzene rings is 3. The second-order valence-electron chi connectivity index (χ2n) is 6.89. The van der Waals surface area contributed by atoms with Crippen molar-refractivity contribution in [2.24, 2.45) is 0 Å². The van der Waals surface area contributed by atoms with Crippen LogP contribution in [-0.2, 0) is 11.3 Å². The Morgan fingerprint density at radius 2 is 1.62 bits per heavy atom. The highest BCUT2D eigenvalue weighted by molar-refractivity contribution is 7.80. The summed E-state index contributed by atoms with van der Waals surface area (Å²) in [6, 6.07) is 23.9. The molecular weight excluding hydrogens is 442 g/mol. The molecule has 2 amide bonds. The molecule has 0 bridgehead atoms. The number of carbonyl (C=O) groups is 2. The molecule has 0 aromatic heterocycles. The lowest BCUT2D eigenvalue weighted by molar-refractivity contribution is -0.115. The van der Waals surface area contributed by atoms with Crippen LogP contribution in [0.25, 0.3) is 6.08 Å². The molecule has 0 spiro atoms. The van der Waals surface area contributed by atoms with E-state index in [1.54, 1.807) is 48.4 Å². The summed E-state index contributed by atoms with van der Waals surface area (Å²) in [6.07, 6.45) is 2.98. The van der Waals surface area contributed by atoms with Crippen molar-refractivity contribution in [1.82, 2.24) is 10.6 Å². The minimum atomic E-state index is -0.396. The summed E-state index contributed by atoms with van der Waals surface area (Å²) >= 11 is 11.5. The average molecular weight is 464 g/mol. The van der Waals surface area contributed by atoms with Crippen molar-refractivity contribution in [2.75, 3.05) is 11.9 Å². The number of thiocarbonyl (C=S) groups is 1. The highest BCUT2D eigenvalue weighted by atomic mass is 35.5. The van der Waals surface area contributed by atoms with Crippen LogP contribution in [0.2, 0.25) is 5.02 Å². The number of nitrogens with one attached hydrogen (secondary N) is 2. The lowest BCUT2D eigenvalue weighted by atomic mass is 10.1. The Morgan fingerprint density at radius 1 is 0.969 bits per heavy atom. The summed E-state index contributed by atoms with van der Waals surface area (Å²) in [5, 5.41) is 6.28.